The van der Waals surface area contributed by atoms with Gasteiger partial charge in [0.1, 0.15) is 11.4 Å². The minimum Gasteiger partial charge on any atom is -0.309 e. The molecule has 6 heteroatoms. The molecule has 0 fully saturated rings. The average molecular weight is 283 g/mol. The van der Waals surface area contributed by atoms with E-state index in [2.05, 4.69) is 15.6 Å². The van der Waals surface area contributed by atoms with Crippen molar-refractivity contribution in [2.24, 2.45) is 0 Å². The minimum absolute atomic E-state index is 0.0704. The molecule has 0 saturated heterocycles. The monoisotopic (exact) mass is 282 g/mol. The van der Waals surface area contributed by atoms with E-state index in [1.54, 1.807) is 12.1 Å². The highest BCUT2D eigenvalue weighted by molar-refractivity contribution is 6.30. The number of hydrogen-bond acceptors (Lipinski definition) is 3. The van der Waals surface area contributed by atoms with Gasteiger partial charge in [0.05, 0.1) is 16.8 Å². The maximum atomic E-state index is 14.0. The molecule has 1 N–H and O–H groups in total. The number of hydrogen-bond donors (Lipinski definition) is 1. The maximum absolute atomic E-state index is 14.0. The van der Waals surface area contributed by atoms with E-state index in [-0.39, 0.29) is 11.1 Å². The summed E-state index contributed by atoms with van der Waals surface area (Å²) in [6, 6.07) is 4.90. The molecule has 1 aromatic carbocycles. The van der Waals surface area contributed by atoms with Crippen molar-refractivity contribution in [1.82, 2.24) is 20.3 Å². The van der Waals surface area contributed by atoms with Crippen molar-refractivity contribution in [3.8, 4) is 5.69 Å². The van der Waals surface area contributed by atoms with Gasteiger partial charge in [-0.3, -0.25) is 0 Å². The predicted molar refractivity (Wildman–Crippen MR) is 73.2 cm³/mol. The Kier molecular flexibility index (Phi) is 4.17. The number of halogens is 2. The first-order chi connectivity index (χ1) is 9.06. The van der Waals surface area contributed by atoms with Crippen LogP contribution in [-0.4, -0.2) is 21.5 Å². The number of rotatable bonds is 4. The molecule has 0 spiro atoms. The van der Waals surface area contributed by atoms with Gasteiger partial charge in [-0.05, 0) is 32.5 Å². The average Bonchev–Trinajstić information content (AvgIpc) is 2.75. The molecule has 2 aromatic rings. The van der Waals surface area contributed by atoms with E-state index in [9.17, 15) is 4.39 Å². The van der Waals surface area contributed by atoms with Crippen LogP contribution in [0.1, 0.15) is 31.3 Å². The molecule has 0 saturated carbocycles. The number of nitrogens with zero attached hydrogens (tertiary/aromatic N) is 3. The Bertz CT molecular complexity index is 582. The van der Waals surface area contributed by atoms with E-state index >= 15 is 0 Å². The second-order valence-corrected chi connectivity index (χ2v) is 4.73. The van der Waals surface area contributed by atoms with Crippen LogP contribution in [0.15, 0.2) is 18.2 Å². The Morgan fingerprint density at radius 3 is 2.89 bits per heavy atom. The summed E-state index contributed by atoms with van der Waals surface area (Å²) in [6.45, 7) is 6.72. The first-order valence-electron chi connectivity index (χ1n) is 6.16. The molecule has 0 aliphatic rings. The van der Waals surface area contributed by atoms with Crippen molar-refractivity contribution in [2.45, 2.75) is 26.8 Å². The Balaban J connectivity index is 2.44. The molecular weight excluding hydrogens is 267 g/mol. The smallest absolute Gasteiger partial charge is 0.167 e. The van der Waals surface area contributed by atoms with Gasteiger partial charge in [-0.15, -0.1) is 5.10 Å². The van der Waals surface area contributed by atoms with Gasteiger partial charge >= 0.3 is 0 Å². The molecule has 0 aliphatic carbocycles. The lowest BCUT2D eigenvalue weighted by Gasteiger charge is -2.10. The van der Waals surface area contributed by atoms with Crippen LogP contribution in [0.25, 0.3) is 5.69 Å². The van der Waals surface area contributed by atoms with E-state index in [1.165, 1.54) is 10.7 Å². The van der Waals surface area contributed by atoms with Gasteiger partial charge in [-0.25, -0.2) is 9.07 Å². The Labute approximate surface area is 116 Å². The normalized spacial score (nSPS) is 12.7. The molecule has 0 bridgehead atoms. The molecule has 1 unspecified atom stereocenters. The summed E-state index contributed by atoms with van der Waals surface area (Å²) in [7, 11) is 0. The quantitative estimate of drug-likeness (QED) is 0.937. The SMILES string of the molecule is CCNC(C)c1nnn(-c2cccc(Cl)c2F)c1C. The first kappa shape index (κ1) is 14.0. The number of benzene rings is 1. The predicted octanol–water partition coefficient (Wildman–Crippen LogP) is 3.04. The third kappa shape index (κ3) is 2.62. The van der Waals surface area contributed by atoms with Gasteiger partial charge in [-0.2, -0.15) is 0 Å². The standard InChI is InChI=1S/C13H16ClFN4/c1-4-16-8(2)13-9(3)19(18-17-13)11-7-5-6-10(14)12(11)15/h5-8,16H,4H2,1-3H3. The zero-order chi connectivity index (χ0) is 14.0. The summed E-state index contributed by atoms with van der Waals surface area (Å²) in [5.41, 5.74) is 1.92. The molecule has 4 nitrogen and oxygen atoms in total. The Hall–Kier alpha value is -1.46. The van der Waals surface area contributed by atoms with Crippen LogP contribution < -0.4 is 5.32 Å². The number of nitrogens with one attached hydrogen (secondary N) is 1. The van der Waals surface area contributed by atoms with Gasteiger partial charge in [-0.1, -0.05) is 29.8 Å². The van der Waals surface area contributed by atoms with Crippen molar-refractivity contribution < 1.29 is 4.39 Å². The fourth-order valence-corrected chi connectivity index (χ4v) is 2.20. The van der Waals surface area contributed by atoms with Crippen LogP contribution in [0.5, 0.6) is 0 Å². The molecule has 0 amide bonds. The zero-order valence-corrected chi connectivity index (χ0v) is 11.9. The largest absolute Gasteiger partial charge is 0.309 e. The van der Waals surface area contributed by atoms with Gasteiger partial charge in [0.2, 0.25) is 0 Å². The van der Waals surface area contributed by atoms with Gasteiger partial charge < -0.3 is 5.32 Å². The van der Waals surface area contributed by atoms with E-state index in [0.29, 0.717) is 5.69 Å². The molecule has 0 radical (unpaired) electrons. The van der Waals surface area contributed by atoms with Crippen molar-refractivity contribution in [2.75, 3.05) is 6.54 Å². The van der Waals surface area contributed by atoms with Crippen LogP contribution in [0, 0.1) is 12.7 Å². The molecule has 2 rings (SSSR count). The second kappa shape index (κ2) is 5.67. The van der Waals surface area contributed by atoms with Crippen LogP contribution in [0.3, 0.4) is 0 Å². The van der Waals surface area contributed by atoms with E-state index < -0.39 is 5.82 Å². The van der Waals surface area contributed by atoms with Gasteiger partial charge in [0.25, 0.3) is 0 Å². The fourth-order valence-electron chi connectivity index (χ4n) is 2.03. The van der Waals surface area contributed by atoms with Crippen molar-refractivity contribution in [3.63, 3.8) is 0 Å². The Morgan fingerprint density at radius 2 is 2.21 bits per heavy atom. The van der Waals surface area contributed by atoms with E-state index in [4.69, 9.17) is 11.6 Å². The molecule has 1 heterocycles. The topological polar surface area (TPSA) is 42.7 Å². The zero-order valence-electron chi connectivity index (χ0n) is 11.1. The summed E-state index contributed by atoms with van der Waals surface area (Å²) in [5, 5.41) is 11.5. The van der Waals surface area contributed by atoms with Crippen LogP contribution in [0.4, 0.5) is 4.39 Å². The minimum atomic E-state index is -0.486. The lowest BCUT2D eigenvalue weighted by Crippen LogP contribution is -2.19. The highest BCUT2D eigenvalue weighted by Gasteiger charge is 2.18. The van der Waals surface area contributed by atoms with E-state index in [1.807, 2.05) is 20.8 Å². The molecule has 0 aliphatic heterocycles. The summed E-state index contributed by atoms with van der Waals surface area (Å²) in [4.78, 5) is 0. The van der Waals surface area contributed by atoms with Crippen molar-refractivity contribution in [3.05, 3.63) is 40.4 Å². The molecule has 1 aromatic heterocycles. The van der Waals surface area contributed by atoms with Crippen LogP contribution in [0.2, 0.25) is 5.02 Å². The first-order valence-corrected chi connectivity index (χ1v) is 6.54. The van der Waals surface area contributed by atoms with Gasteiger partial charge in [0.15, 0.2) is 5.82 Å². The lowest BCUT2D eigenvalue weighted by atomic mass is 10.2. The highest BCUT2D eigenvalue weighted by atomic mass is 35.5. The summed E-state index contributed by atoms with van der Waals surface area (Å²) in [5.74, 6) is -0.486. The van der Waals surface area contributed by atoms with Crippen LogP contribution >= 0.6 is 11.6 Å². The molecular formula is C13H16ClFN4. The second-order valence-electron chi connectivity index (χ2n) is 4.32. The van der Waals surface area contributed by atoms with Gasteiger partial charge in [0, 0.05) is 0 Å². The third-order valence-electron chi connectivity index (χ3n) is 3.01. The third-order valence-corrected chi connectivity index (χ3v) is 3.30. The highest BCUT2D eigenvalue weighted by Crippen LogP contribution is 2.23. The van der Waals surface area contributed by atoms with Crippen molar-refractivity contribution in [1.29, 1.82) is 0 Å². The summed E-state index contributed by atoms with van der Waals surface area (Å²) >= 11 is 5.79. The van der Waals surface area contributed by atoms with Crippen molar-refractivity contribution >= 4 is 11.6 Å². The fraction of sp³-hybridized carbons (Fsp3) is 0.385. The summed E-state index contributed by atoms with van der Waals surface area (Å²) in [6.07, 6.45) is 0. The molecule has 1 atom stereocenters. The molecule has 102 valence electrons. The summed E-state index contributed by atoms with van der Waals surface area (Å²) < 4.78 is 15.5. The molecule has 19 heavy (non-hydrogen) atoms. The van der Waals surface area contributed by atoms with Crippen LogP contribution in [-0.2, 0) is 0 Å². The van der Waals surface area contributed by atoms with E-state index in [0.717, 1.165) is 17.9 Å². The Morgan fingerprint density at radius 1 is 1.47 bits per heavy atom. The number of aromatic nitrogens is 3. The maximum Gasteiger partial charge on any atom is 0.167 e. The lowest BCUT2D eigenvalue weighted by molar-refractivity contribution is 0.579.